The first-order chi connectivity index (χ1) is 8.76. The molecule has 0 bridgehead atoms. The summed E-state index contributed by atoms with van der Waals surface area (Å²) in [5.74, 6) is 2.83. The molecule has 4 heteroatoms. The van der Waals surface area contributed by atoms with E-state index in [0.717, 1.165) is 11.3 Å². The number of hydrogen-bond acceptors (Lipinski definition) is 4. The van der Waals surface area contributed by atoms with Crippen molar-refractivity contribution in [3.05, 3.63) is 17.7 Å². The molecule has 1 unspecified atom stereocenters. The van der Waals surface area contributed by atoms with Crippen LogP contribution >= 0.6 is 0 Å². The first-order valence-corrected chi connectivity index (χ1v) is 6.22. The maximum absolute atomic E-state index is 5.53. The Bertz CT molecular complexity index is 416. The van der Waals surface area contributed by atoms with E-state index in [1.807, 2.05) is 13.1 Å². The predicted octanol–water partition coefficient (Wildman–Crippen LogP) is 2.38. The van der Waals surface area contributed by atoms with Crippen LogP contribution in [0.4, 0.5) is 0 Å². The third-order valence-corrected chi connectivity index (χ3v) is 3.47. The SMILES string of the molecule is CNC(c1ccc(OC)c(OC)c1OC)C1CC1. The van der Waals surface area contributed by atoms with Crippen LogP contribution in [0, 0.1) is 5.92 Å². The summed E-state index contributed by atoms with van der Waals surface area (Å²) < 4.78 is 16.2. The van der Waals surface area contributed by atoms with Gasteiger partial charge in [0.2, 0.25) is 5.75 Å². The van der Waals surface area contributed by atoms with Gasteiger partial charge in [-0.05, 0) is 37.9 Å². The van der Waals surface area contributed by atoms with E-state index >= 15 is 0 Å². The molecule has 1 aromatic carbocycles. The second kappa shape index (κ2) is 5.48. The Morgan fingerprint density at radius 1 is 1.06 bits per heavy atom. The first-order valence-electron chi connectivity index (χ1n) is 6.22. The molecular weight excluding hydrogens is 230 g/mol. The highest BCUT2D eigenvalue weighted by Gasteiger charge is 2.34. The molecule has 1 aliphatic rings. The lowest BCUT2D eigenvalue weighted by Crippen LogP contribution is -2.19. The van der Waals surface area contributed by atoms with Crippen molar-refractivity contribution in [1.29, 1.82) is 0 Å². The Labute approximate surface area is 108 Å². The van der Waals surface area contributed by atoms with Crippen molar-refractivity contribution >= 4 is 0 Å². The minimum absolute atomic E-state index is 0.319. The van der Waals surface area contributed by atoms with E-state index < -0.39 is 0 Å². The summed E-state index contributed by atoms with van der Waals surface area (Å²) >= 11 is 0. The quantitative estimate of drug-likeness (QED) is 0.842. The van der Waals surface area contributed by atoms with Gasteiger partial charge in [0, 0.05) is 11.6 Å². The molecule has 18 heavy (non-hydrogen) atoms. The molecule has 1 N–H and O–H groups in total. The summed E-state index contributed by atoms with van der Waals surface area (Å²) in [4.78, 5) is 0. The van der Waals surface area contributed by atoms with Gasteiger partial charge in [-0.15, -0.1) is 0 Å². The number of rotatable bonds is 6. The van der Waals surface area contributed by atoms with Gasteiger partial charge in [-0.25, -0.2) is 0 Å². The van der Waals surface area contributed by atoms with Crippen molar-refractivity contribution in [2.75, 3.05) is 28.4 Å². The van der Waals surface area contributed by atoms with Gasteiger partial charge in [0.1, 0.15) is 0 Å². The molecule has 0 amide bonds. The average Bonchev–Trinajstić information content (AvgIpc) is 3.23. The fourth-order valence-corrected chi connectivity index (χ4v) is 2.44. The van der Waals surface area contributed by atoms with Crippen LogP contribution in [0.2, 0.25) is 0 Å². The fraction of sp³-hybridized carbons (Fsp3) is 0.571. The van der Waals surface area contributed by atoms with Crippen molar-refractivity contribution < 1.29 is 14.2 Å². The van der Waals surface area contributed by atoms with Gasteiger partial charge in [-0.1, -0.05) is 0 Å². The molecule has 100 valence electrons. The molecule has 1 aromatic rings. The minimum atomic E-state index is 0.319. The summed E-state index contributed by atoms with van der Waals surface area (Å²) in [6, 6.07) is 4.31. The molecule has 1 saturated carbocycles. The number of nitrogens with one attached hydrogen (secondary N) is 1. The summed E-state index contributed by atoms with van der Waals surface area (Å²) in [5.41, 5.74) is 1.14. The highest BCUT2D eigenvalue weighted by Crippen LogP contribution is 2.48. The standard InChI is InChI=1S/C14H21NO3/c1-15-12(9-5-6-9)10-7-8-11(16-2)14(18-4)13(10)17-3/h7-9,12,15H,5-6H2,1-4H3. The molecule has 1 aliphatic carbocycles. The third kappa shape index (κ3) is 2.25. The van der Waals surface area contributed by atoms with Gasteiger partial charge < -0.3 is 19.5 Å². The van der Waals surface area contributed by atoms with Crippen LogP contribution in [0.25, 0.3) is 0 Å². The van der Waals surface area contributed by atoms with Crippen LogP contribution < -0.4 is 19.5 Å². The monoisotopic (exact) mass is 251 g/mol. The average molecular weight is 251 g/mol. The smallest absolute Gasteiger partial charge is 0.203 e. The lowest BCUT2D eigenvalue weighted by Gasteiger charge is -2.21. The summed E-state index contributed by atoms with van der Waals surface area (Å²) in [7, 11) is 6.92. The number of ether oxygens (including phenoxy) is 3. The van der Waals surface area contributed by atoms with Crippen LogP contribution in [0.1, 0.15) is 24.4 Å². The molecule has 1 fully saturated rings. The molecular formula is C14H21NO3. The number of hydrogen-bond donors (Lipinski definition) is 1. The van der Waals surface area contributed by atoms with Gasteiger partial charge in [-0.2, -0.15) is 0 Å². The van der Waals surface area contributed by atoms with Crippen molar-refractivity contribution in [1.82, 2.24) is 5.32 Å². The van der Waals surface area contributed by atoms with Gasteiger partial charge in [0.15, 0.2) is 11.5 Å². The Balaban J connectivity index is 2.46. The molecule has 1 atom stereocenters. The van der Waals surface area contributed by atoms with E-state index in [0.29, 0.717) is 23.5 Å². The second-order valence-electron chi connectivity index (χ2n) is 4.53. The van der Waals surface area contributed by atoms with E-state index in [2.05, 4.69) is 11.4 Å². The van der Waals surface area contributed by atoms with Crippen LogP contribution in [-0.4, -0.2) is 28.4 Å². The maximum atomic E-state index is 5.53. The molecule has 0 aliphatic heterocycles. The van der Waals surface area contributed by atoms with E-state index in [1.54, 1.807) is 21.3 Å². The zero-order valence-corrected chi connectivity index (χ0v) is 11.4. The Kier molecular flexibility index (Phi) is 3.97. The van der Waals surface area contributed by atoms with Crippen LogP contribution in [0.3, 0.4) is 0 Å². The topological polar surface area (TPSA) is 39.7 Å². The van der Waals surface area contributed by atoms with Crippen LogP contribution in [0.5, 0.6) is 17.2 Å². The molecule has 2 rings (SSSR count). The lowest BCUT2D eigenvalue weighted by atomic mass is 10.0. The fourth-order valence-electron chi connectivity index (χ4n) is 2.44. The van der Waals surface area contributed by atoms with Crippen molar-refractivity contribution in [2.45, 2.75) is 18.9 Å². The number of benzene rings is 1. The van der Waals surface area contributed by atoms with Crippen LogP contribution in [0.15, 0.2) is 12.1 Å². The third-order valence-electron chi connectivity index (χ3n) is 3.47. The lowest BCUT2D eigenvalue weighted by molar-refractivity contribution is 0.318. The summed E-state index contributed by atoms with van der Waals surface area (Å²) in [6.45, 7) is 0. The highest BCUT2D eigenvalue weighted by molar-refractivity contribution is 5.57. The zero-order chi connectivity index (χ0) is 13.1. The normalized spacial score (nSPS) is 16.2. The first kappa shape index (κ1) is 13.0. The van der Waals surface area contributed by atoms with Crippen molar-refractivity contribution in [3.8, 4) is 17.2 Å². The second-order valence-corrected chi connectivity index (χ2v) is 4.53. The van der Waals surface area contributed by atoms with E-state index in [1.165, 1.54) is 12.8 Å². The summed E-state index contributed by atoms with van der Waals surface area (Å²) in [5, 5.41) is 3.37. The van der Waals surface area contributed by atoms with E-state index in [-0.39, 0.29) is 0 Å². The molecule has 0 saturated heterocycles. The molecule has 4 nitrogen and oxygen atoms in total. The minimum Gasteiger partial charge on any atom is -0.493 e. The molecule has 0 radical (unpaired) electrons. The van der Waals surface area contributed by atoms with Crippen molar-refractivity contribution in [3.63, 3.8) is 0 Å². The maximum Gasteiger partial charge on any atom is 0.203 e. The number of methoxy groups -OCH3 is 3. The van der Waals surface area contributed by atoms with Crippen molar-refractivity contribution in [2.24, 2.45) is 5.92 Å². The van der Waals surface area contributed by atoms with Gasteiger partial charge >= 0.3 is 0 Å². The Hall–Kier alpha value is -1.42. The Morgan fingerprint density at radius 2 is 1.72 bits per heavy atom. The largest absolute Gasteiger partial charge is 0.493 e. The highest BCUT2D eigenvalue weighted by atomic mass is 16.5. The van der Waals surface area contributed by atoms with E-state index in [9.17, 15) is 0 Å². The molecule has 0 spiro atoms. The predicted molar refractivity (Wildman–Crippen MR) is 70.6 cm³/mol. The van der Waals surface area contributed by atoms with Crippen LogP contribution in [-0.2, 0) is 0 Å². The molecule has 0 heterocycles. The Morgan fingerprint density at radius 3 is 2.17 bits per heavy atom. The van der Waals surface area contributed by atoms with Gasteiger partial charge in [0.25, 0.3) is 0 Å². The summed E-state index contributed by atoms with van der Waals surface area (Å²) in [6.07, 6.45) is 2.53. The zero-order valence-electron chi connectivity index (χ0n) is 11.4. The molecule has 0 aromatic heterocycles. The van der Waals surface area contributed by atoms with Gasteiger partial charge in [0.05, 0.1) is 21.3 Å². The van der Waals surface area contributed by atoms with Gasteiger partial charge in [-0.3, -0.25) is 0 Å². The van der Waals surface area contributed by atoms with E-state index in [4.69, 9.17) is 14.2 Å².